The van der Waals surface area contributed by atoms with Crippen LogP contribution in [0.1, 0.15) is 23.1 Å². The van der Waals surface area contributed by atoms with Gasteiger partial charge >= 0.3 is 5.97 Å². The van der Waals surface area contributed by atoms with Crippen molar-refractivity contribution in [3.05, 3.63) is 95.6 Å². The molecule has 6 heteroatoms. The van der Waals surface area contributed by atoms with Crippen LogP contribution in [0.25, 0.3) is 0 Å². The van der Waals surface area contributed by atoms with Gasteiger partial charge in [0, 0.05) is 20.0 Å². The standard InChI is InChI=1S/C29H33NO5/c1-30(18-17-23-7-4-3-5-8-23)28(31)21-24-9-13-26(14-10-24)34-19-6-20-35-27-15-11-25(12-16-27)22-29(32)33-2/h3-5,7-16H,6,17-22H2,1-2H3. The van der Waals surface area contributed by atoms with Crippen molar-refractivity contribution in [1.29, 1.82) is 0 Å². The molecule has 3 aromatic carbocycles. The zero-order valence-corrected chi connectivity index (χ0v) is 20.4. The Balaban J connectivity index is 1.32. The molecule has 0 aromatic heterocycles. The second-order valence-corrected chi connectivity index (χ2v) is 8.32. The monoisotopic (exact) mass is 475 g/mol. The highest BCUT2D eigenvalue weighted by Crippen LogP contribution is 2.15. The highest BCUT2D eigenvalue weighted by atomic mass is 16.5. The van der Waals surface area contributed by atoms with Crippen molar-refractivity contribution >= 4 is 11.9 Å². The second-order valence-electron chi connectivity index (χ2n) is 8.32. The van der Waals surface area contributed by atoms with Crippen LogP contribution >= 0.6 is 0 Å². The number of methoxy groups -OCH3 is 1. The molecule has 0 saturated heterocycles. The first kappa shape index (κ1) is 25.8. The SMILES string of the molecule is COC(=O)Cc1ccc(OCCCOc2ccc(CC(=O)N(C)CCc3ccccc3)cc2)cc1. The molecule has 35 heavy (non-hydrogen) atoms. The van der Waals surface area contributed by atoms with Crippen molar-refractivity contribution < 1.29 is 23.8 Å². The van der Waals surface area contributed by atoms with E-state index in [-0.39, 0.29) is 18.3 Å². The van der Waals surface area contributed by atoms with Crippen LogP contribution in [0.4, 0.5) is 0 Å². The number of amides is 1. The van der Waals surface area contributed by atoms with E-state index in [1.807, 2.05) is 73.8 Å². The quantitative estimate of drug-likeness (QED) is 0.269. The summed E-state index contributed by atoms with van der Waals surface area (Å²) < 4.78 is 16.2. The minimum absolute atomic E-state index is 0.102. The number of rotatable bonds is 13. The van der Waals surface area contributed by atoms with Crippen molar-refractivity contribution in [2.24, 2.45) is 0 Å². The molecule has 1 amide bonds. The Bertz CT molecular complexity index is 1050. The van der Waals surface area contributed by atoms with Crippen molar-refractivity contribution in [2.75, 3.05) is 33.9 Å². The molecule has 6 nitrogen and oxygen atoms in total. The molecule has 0 heterocycles. The lowest BCUT2D eigenvalue weighted by Gasteiger charge is -2.17. The predicted octanol–water partition coefficient (Wildman–Crippen LogP) is 4.49. The number of likely N-dealkylation sites (N-methyl/N-ethyl adjacent to an activating group) is 1. The van der Waals surface area contributed by atoms with E-state index in [4.69, 9.17) is 9.47 Å². The molecular formula is C29H33NO5. The van der Waals surface area contributed by atoms with Crippen molar-refractivity contribution in [2.45, 2.75) is 25.7 Å². The maximum atomic E-state index is 12.5. The van der Waals surface area contributed by atoms with Gasteiger partial charge < -0.3 is 19.1 Å². The zero-order chi connectivity index (χ0) is 24.9. The zero-order valence-electron chi connectivity index (χ0n) is 20.4. The minimum atomic E-state index is -0.262. The van der Waals surface area contributed by atoms with Crippen molar-refractivity contribution in [3.63, 3.8) is 0 Å². The minimum Gasteiger partial charge on any atom is -0.493 e. The van der Waals surface area contributed by atoms with Gasteiger partial charge in [-0.1, -0.05) is 54.6 Å². The van der Waals surface area contributed by atoms with E-state index in [9.17, 15) is 9.59 Å². The Morgan fingerprint density at radius 3 is 1.80 bits per heavy atom. The summed E-state index contributed by atoms with van der Waals surface area (Å²) in [7, 11) is 3.23. The maximum absolute atomic E-state index is 12.5. The van der Waals surface area contributed by atoms with Crippen LogP contribution in [0.2, 0.25) is 0 Å². The highest BCUT2D eigenvalue weighted by molar-refractivity contribution is 5.78. The van der Waals surface area contributed by atoms with Crippen LogP contribution in [-0.4, -0.2) is 50.7 Å². The Labute approximate surface area is 207 Å². The summed E-state index contributed by atoms with van der Waals surface area (Å²) in [4.78, 5) is 25.6. The lowest BCUT2D eigenvalue weighted by atomic mass is 10.1. The van der Waals surface area contributed by atoms with Gasteiger partial charge in [0.25, 0.3) is 0 Å². The van der Waals surface area contributed by atoms with E-state index in [2.05, 4.69) is 16.9 Å². The van der Waals surface area contributed by atoms with E-state index in [0.29, 0.717) is 26.2 Å². The fraction of sp³-hybridized carbons (Fsp3) is 0.310. The van der Waals surface area contributed by atoms with E-state index >= 15 is 0 Å². The molecule has 0 atom stereocenters. The molecule has 0 fully saturated rings. The largest absolute Gasteiger partial charge is 0.493 e. The summed E-state index contributed by atoms with van der Waals surface area (Å²) in [5.41, 5.74) is 3.08. The topological polar surface area (TPSA) is 65.1 Å². The first-order chi connectivity index (χ1) is 17.0. The molecule has 0 unspecified atom stereocenters. The fourth-order valence-electron chi connectivity index (χ4n) is 3.46. The van der Waals surface area contributed by atoms with Crippen LogP contribution < -0.4 is 9.47 Å². The normalized spacial score (nSPS) is 10.5. The van der Waals surface area contributed by atoms with Gasteiger partial charge in [-0.2, -0.15) is 0 Å². The number of hydrogen-bond donors (Lipinski definition) is 0. The summed E-state index contributed by atoms with van der Waals surface area (Å²) in [6.07, 6.45) is 2.21. The molecule has 3 aromatic rings. The molecule has 184 valence electrons. The van der Waals surface area contributed by atoms with E-state index < -0.39 is 0 Å². The van der Waals surface area contributed by atoms with E-state index in [1.165, 1.54) is 12.7 Å². The molecule has 0 saturated carbocycles. The molecule has 0 aliphatic rings. The first-order valence-corrected chi connectivity index (χ1v) is 11.8. The van der Waals surface area contributed by atoms with Gasteiger partial charge in [0.2, 0.25) is 5.91 Å². The second kappa shape index (κ2) is 13.8. The molecule has 0 N–H and O–H groups in total. The van der Waals surface area contributed by atoms with Gasteiger partial charge in [-0.05, 0) is 47.4 Å². The number of nitrogens with zero attached hydrogens (tertiary/aromatic N) is 1. The number of carbonyl (C=O) groups is 2. The third-order valence-corrected chi connectivity index (χ3v) is 5.61. The summed E-state index contributed by atoms with van der Waals surface area (Å²) in [6, 6.07) is 25.3. The van der Waals surface area contributed by atoms with Crippen LogP contribution in [-0.2, 0) is 33.6 Å². The van der Waals surface area contributed by atoms with Gasteiger partial charge in [0.15, 0.2) is 0 Å². The first-order valence-electron chi connectivity index (χ1n) is 11.8. The average Bonchev–Trinajstić information content (AvgIpc) is 2.89. The third-order valence-electron chi connectivity index (χ3n) is 5.61. The summed E-state index contributed by atoms with van der Waals surface area (Å²) in [5.74, 6) is 1.36. The van der Waals surface area contributed by atoms with E-state index in [0.717, 1.165) is 35.5 Å². The van der Waals surface area contributed by atoms with Crippen LogP contribution in [0.15, 0.2) is 78.9 Å². The Morgan fingerprint density at radius 1 is 0.714 bits per heavy atom. The molecule has 0 spiro atoms. The van der Waals surface area contributed by atoms with Crippen LogP contribution in [0, 0.1) is 0 Å². The van der Waals surface area contributed by atoms with Crippen LogP contribution in [0.5, 0.6) is 11.5 Å². The Hall–Kier alpha value is -3.80. The van der Waals surface area contributed by atoms with Gasteiger partial charge in [0.1, 0.15) is 11.5 Å². The smallest absolute Gasteiger partial charge is 0.309 e. The average molecular weight is 476 g/mol. The van der Waals surface area contributed by atoms with Gasteiger partial charge in [-0.15, -0.1) is 0 Å². The number of benzene rings is 3. The van der Waals surface area contributed by atoms with Gasteiger partial charge in [-0.3, -0.25) is 9.59 Å². The summed E-state index contributed by atoms with van der Waals surface area (Å²) in [5, 5.41) is 0. The summed E-state index contributed by atoms with van der Waals surface area (Å²) >= 11 is 0. The lowest BCUT2D eigenvalue weighted by Crippen LogP contribution is -2.30. The fourth-order valence-corrected chi connectivity index (χ4v) is 3.46. The van der Waals surface area contributed by atoms with E-state index in [1.54, 1.807) is 4.90 Å². The number of esters is 1. The summed E-state index contributed by atoms with van der Waals surface area (Å²) in [6.45, 7) is 1.75. The van der Waals surface area contributed by atoms with Crippen molar-refractivity contribution in [1.82, 2.24) is 4.90 Å². The lowest BCUT2D eigenvalue weighted by molar-refractivity contribution is -0.139. The molecule has 3 rings (SSSR count). The Morgan fingerprint density at radius 2 is 1.26 bits per heavy atom. The molecule has 0 aliphatic heterocycles. The number of hydrogen-bond acceptors (Lipinski definition) is 5. The number of ether oxygens (including phenoxy) is 3. The third kappa shape index (κ3) is 9.16. The predicted molar refractivity (Wildman–Crippen MR) is 136 cm³/mol. The highest BCUT2D eigenvalue weighted by Gasteiger charge is 2.10. The Kier molecular flexibility index (Phi) is 10.2. The van der Waals surface area contributed by atoms with Gasteiger partial charge in [-0.25, -0.2) is 0 Å². The van der Waals surface area contributed by atoms with Gasteiger partial charge in [0.05, 0.1) is 33.2 Å². The molecule has 0 bridgehead atoms. The maximum Gasteiger partial charge on any atom is 0.309 e. The molecule has 0 aliphatic carbocycles. The molecule has 0 radical (unpaired) electrons. The molecular weight excluding hydrogens is 442 g/mol. The van der Waals surface area contributed by atoms with Crippen LogP contribution in [0.3, 0.4) is 0 Å². The number of carbonyl (C=O) groups excluding carboxylic acids is 2. The van der Waals surface area contributed by atoms with Crippen molar-refractivity contribution in [3.8, 4) is 11.5 Å².